The molecule has 0 radical (unpaired) electrons. The minimum atomic E-state index is -0.320. The van der Waals surface area contributed by atoms with Crippen LogP contribution < -0.4 is 0 Å². The van der Waals surface area contributed by atoms with Gasteiger partial charge >= 0.3 is 0 Å². The number of rotatable bonds is 0. The molecule has 0 unspecified atom stereocenters. The fraction of sp³-hybridized carbons (Fsp3) is 0.889. The first-order chi connectivity index (χ1) is 5.27. The van der Waals surface area contributed by atoms with Crippen LogP contribution in [0.2, 0.25) is 0 Å². The van der Waals surface area contributed by atoms with E-state index in [1.165, 1.54) is 0 Å². The van der Waals surface area contributed by atoms with E-state index in [0.29, 0.717) is 12.2 Å². The third-order valence-electron chi connectivity index (χ3n) is 3.13. The summed E-state index contributed by atoms with van der Waals surface area (Å²) in [6.45, 7) is 0. The Labute approximate surface area is 66.6 Å². The van der Waals surface area contributed by atoms with Crippen LogP contribution in [0.4, 0.5) is 0 Å². The van der Waals surface area contributed by atoms with Gasteiger partial charge in [0.2, 0.25) is 0 Å². The summed E-state index contributed by atoms with van der Waals surface area (Å²) in [4.78, 5) is 11.3. The molecule has 2 nitrogen and oxygen atoms in total. The van der Waals surface area contributed by atoms with Crippen molar-refractivity contribution in [1.82, 2.24) is 0 Å². The average molecular weight is 154 g/mol. The number of carbonyl (C=O) groups is 1. The lowest BCUT2D eigenvalue weighted by Gasteiger charge is -2.36. The van der Waals surface area contributed by atoms with Crippen LogP contribution in [-0.2, 0) is 4.79 Å². The van der Waals surface area contributed by atoms with E-state index in [0.717, 1.165) is 31.6 Å². The lowest BCUT2D eigenvalue weighted by atomic mass is 9.70. The topological polar surface area (TPSA) is 37.3 Å². The first kappa shape index (κ1) is 7.29. The number of ketones is 1. The normalized spacial score (nSPS) is 44.1. The van der Waals surface area contributed by atoms with Crippen molar-refractivity contribution >= 4 is 5.78 Å². The fourth-order valence-electron chi connectivity index (χ4n) is 2.38. The van der Waals surface area contributed by atoms with Crippen LogP contribution in [0.15, 0.2) is 0 Å². The molecule has 2 aliphatic carbocycles. The maximum Gasteiger partial charge on any atom is 0.138 e. The number of carbonyl (C=O) groups excluding carboxylic acids is 1. The molecular formula is C9H14O2. The summed E-state index contributed by atoms with van der Waals surface area (Å²) in [5.74, 6) is 1.04. The van der Waals surface area contributed by atoms with E-state index >= 15 is 0 Å². The molecule has 3 atom stereocenters. The summed E-state index contributed by atoms with van der Waals surface area (Å²) in [5, 5.41) is 9.47. The molecule has 0 aromatic rings. The highest BCUT2D eigenvalue weighted by Gasteiger charge is 2.37. The monoisotopic (exact) mass is 154 g/mol. The summed E-state index contributed by atoms with van der Waals surface area (Å²) in [5.41, 5.74) is 0. The van der Waals surface area contributed by atoms with Gasteiger partial charge in [0.25, 0.3) is 0 Å². The Morgan fingerprint density at radius 3 is 2.82 bits per heavy atom. The third-order valence-corrected chi connectivity index (χ3v) is 3.13. The predicted octanol–water partition coefficient (Wildman–Crippen LogP) is 1.13. The van der Waals surface area contributed by atoms with Crippen LogP contribution in [0.3, 0.4) is 0 Å². The predicted molar refractivity (Wildman–Crippen MR) is 41.1 cm³/mol. The molecule has 0 aliphatic heterocycles. The standard InChI is InChI=1S/C9H14O2/c10-8-3-1-6-2-4-9(11)7(8)5-6/h6-8,10H,1-5H2/t6-,7+,8-/m1/s1. The lowest BCUT2D eigenvalue weighted by molar-refractivity contribution is -0.132. The van der Waals surface area contributed by atoms with Crippen molar-refractivity contribution in [3.63, 3.8) is 0 Å². The van der Waals surface area contributed by atoms with Gasteiger partial charge in [-0.05, 0) is 31.6 Å². The van der Waals surface area contributed by atoms with Crippen LogP contribution in [0, 0.1) is 11.8 Å². The molecule has 1 N–H and O–H groups in total. The van der Waals surface area contributed by atoms with Crippen LogP contribution in [-0.4, -0.2) is 17.0 Å². The molecule has 0 aromatic heterocycles. The van der Waals surface area contributed by atoms with Crippen LogP contribution >= 0.6 is 0 Å². The SMILES string of the molecule is O=C1CC[C@H]2CC[C@@H](O)[C@@H]1C2. The average Bonchev–Trinajstić information content (AvgIpc) is 2.02. The summed E-state index contributed by atoms with van der Waals surface area (Å²) >= 11 is 0. The van der Waals surface area contributed by atoms with E-state index in [4.69, 9.17) is 0 Å². The summed E-state index contributed by atoms with van der Waals surface area (Å²) in [6.07, 6.45) is 4.40. The van der Waals surface area contributed by atoms with Gasteiger partial charge in [-0.3, -0.25) is 4.79 Å². The van der Waals surface area contributed by atoms with Crippen molar-refractivity contribution in [1.29, 1.82) is 0 Å². The quantitative estimate of drug-likeness (QED) is 0.568. The Hall–Kier alpha value is -0.370. The third kappa shape index (κ3) is 1.20. The Kier molecular flexibility index (Phi) is 1.72. The minimum absolute atomic E-state index is 0.00231. The van der Waals surface area contributed by atoms with Gasteiger partial charge in [-0.2, -0.15) is 0 Å². The Morgan fingerprint density at radius 2 is 2.09 bits per heavy atom. The Balaban J connectivity index is 2.11. The number of aliphatic hydroxyl groups is 1. The van der Waals surface area contributed by atoms with Crippen molar-refractivity contribution in [2.45, 2.75) is 38.2 Å². The van der Waals surface area contributed by atoms with Crippen LogP contribution in [0.5, 0.6) is 0 Å². The molecule has 2 rings (SSSR count). The molecule has 2 fully saturated rings. The maximum atomic E-state index is 11.3. The first-order valence-electron chi connectivity index (χ1n) is 4.48. The van der Waals surface area contributed by atoms with Crippen LogP contribution in [0.25, 0.3) is 0 Å². The summed E-state index contributed by atoms with van der Waals surface area (Å²) < 4.78 is 0. The molecule has 0 heterocycles. The number of Topliss-reactive ketones (excluding diaryl/α,β-unsaturated/α-hetero) is 1. The van der Waals surface area contributed by atoms with Crippen molar-refractivity contribution in [3.05, 3.63) is 0 Å². The van der Waals surface area contributed by atoms with Gasteiger partial charge in [0.1, 0.15) is 5.78 Å². The molecule has 0 saturated heterocycles. The smallest absolute Gasteiger partial charge is 0.138 e. The van der Waals surface area contributed by atoms with Gasteiger partial charge in [-0.15, -0.1) is 0 Å². The van der Waals surface area contributed by atoms with E-state index in [2.05, 4.69) is 0 Å². The molecule has 11 heavy (non-hydrogen) atoms. The minimum Gasteiger partial charge on any atom is -0.392 e. The van der Waals surface area contributed by atoms with Gasteiger partial charge in [0.05, 0.1) is 6.10 Å². The molecule has 2 bridgehead atoms. The van der Waals surface area contributed by atoms with Crippen molar-refractivity contribution in [3.8, 4) is 0 Å². The molecule has 2 heteroatoms. The highest BCUT2D eigenvalue weighted by molar-refractivity contribution is 5.82. The molecule has 2 saturated carbocycles. The number of aliphatic hydroxyl groups excluding tert-OH is 1. The van der Waals surface area contributed by atoms with Gasteiger partial charge < -0.3 is 5.11 Å². The second kappa shape index (κ2) is 2.59. The zero-order valence-corrected chi connectivity index (χ0v) is 6.62. The van der Waals surface area contributed by atoms with Crippen molar-refractivity contribution in [2.24, 2.45) is 11.8 Å². The maximum absolute atomic E-state index is 11.3. The molecule has 0 amide bonds. The van der Waals surface area contributed by atoms with Crippen molar-refractivity contribution in [2.75, 3.05) is 0 Å². The molecule has 62 valence electrons. The van der Waals surface area contributed by atoms with E-state index in [1.807, 2.05) is 0 Å². The van der Waals surface area contributed by atoms with Gasteiger partial charge in [0, 0.05) is 12.3 Å². The van der Waals surface area contributed by atoms with Crippen LogP contribution in [0.1, 0.15) is 32.1 Å². The molecule has 2 aliphatic rings. The number of hydrogen-bond donors (Lipinski definition) is 1. The van der Waals surface area contributed by atoms with E-state index in [9.17, 15) is 9.90 Å². The first-order valence-corrected chi connectivity index (χ1v) is 4.48. The summed E-state index contributed by atoms with van der Waals surface area (Å²) in [7, 11) is 0. The molecule has 0 spiro atoms. The highest BCUT2D eigenvalue weighted by Crippen LogP contribution is 2.37. The Morgan fingerprint density at radius 1 is 1.27 bits per heavy atom. The second-order valence-corrected chi connectivity index (χ2v) is 3.86. The zero-order valence-electron chi connectivity index (χ0n) is 6.62. The largest absolute Gasteiger partial charge is 0.392 e. The van der Waals surface area contributed by atoms with E-state index < -0.39 is 0 Å². The number of hydrogen-bond acceptors (Lipinski definition) is 2. The summed E-state index contributed by atoms with van der Waals surface area (Å²) in [6, 6.07) is 0. The highest BCUT2D eigenvalue weighted by atomic mass is 16.3. The number of fused-ring (bicyclic) bond motifs is 2. The van der Waals surface area contributed by atoms with Crippen molar-refractivity contribution < 1.29 is 9.90 Å². The zero-order chi connectivity index (χ0) is 7.84. The molecular weight excluding hydrogens is 140 g/mol. The second-order valence-electron chi connectivity index (χ2n) is 3.86. The van der Waals surface area contributed by atoms with E-state index in [1.54, 1.807) is 0 Å². The Bertz CT molecular complexity index is 176. The molecule has 0 aromatic carbocycles. The van der Waals surface area contributed by atoms with Gasteiger partial charge in [0.15, 0.2) is 0 Å². The van der Waals surface area contributed by atoms with Gasteiger partial charge in [-0.1, -0.05) is 0 Å². The fourth-order valence-corrected chi connectivity index (χ4v) is 2.38. The van der Waals surface area contributed by atoms with E-state index in [-0.39, 0.29) is 12.0 Å². The van der Waals surface area contributed by atoms with Gasteiger partial charge in [-0.25, -0.2) is 0 Å². The lowest BCUT2D eigenvalue weighted by Crippen LogP contribution is -2.38.